The van der Waals surface area contributed by atoms with Gasteiger partial charge in [0.05, 0.1) is 5.92 Å². The van der Waals surface area contributed by atoms with E-state index in [2.05, 4.69) is 5.16 Å². The highest BCUT2D eigenvalue weighted by Crippen LogP contribution is 2.27. The monoisotopic (exact) mass is 334 g/mol. The van der Waals surface area contributed by atoms with Crippen molar-refractivity contribution in [2.45, 2.75) is 6.92 Å². The van der Waals surface area contributed by atoms with Crippen LogP contribution in [0.2, 0.25) is 5.02 Å². The molecular weight excluding hydrogens is 320 g/mol. The van der Waals surface area contributed by atoms with Gasteiger partial charge in [0.15, 0.2) is 11.5 Å². The Labute approximate surface area is 137 Å². The van der Waals surface area contributed by atoms with Crippen molar-refractivity contribution < 1.29 is 19.2 Å². The van der Waals surface area contributed by atoms with Crippen LogP contribution in [0.4, 0.5) is 0 Å². The molecule has 0 unspecified atom stereocenters. The van der Waals surface area contributed by atoms with Gasteiger partial charge < -0.3 is 14.5 Å². The Morgan fingerprint density at radius 2 is 2.13 bits per heavy atom. The van der Waals surface area contributed by atoms with Gasteiger partial charge in [0, 0.05) is 29.7 Å². The van der Waals surface area contributed by atoms with Gasteiger partial charge >= 0.3 is 5.97 Å². The van der Waals surface area contributed by atoms with Gasteiger partial charge in [-0.15, -0.1) is 0 Å². The molecule has 120 valence electrons. The molecule has 0 aliphatic carbocycles. The number of rotatable bonds is 3. The summed E-state index contributed by atoms with van der Waals surface area (Å²) in [5, 5.41) is 13.5. The van der Waals surface area contributed by atoms with Crippen LogP contribution in [0.3, 0.4) is 0 Å². The van der Waals surface area contributed by atoms with Crippen molar-refractivity contribution in [2.24, 2.45) is 11.8 Å². The standard InChI is InChI=1S/C16H15ClN2O4/c1-9-7-19(8-12(9)16(21)22)15(20)13-6-14(23-18-13)10-3-2-4-11(17)5-10/h2-6,9,12H,7-8H2,1H3,(H,21,22)/t9-,12-/m1/s1. The fraction of sp³-hybridized carbons (Fsp3) is 0.312. The molecule has 0 spiro atoms. The van der Waals surface area contributed by atoms with Gasteiger partial charge in [-0.25, -0.2) is 0 Å². The number of nitrogens with zero attached hydrogens (tertiary/aromatic N) is 2. The first-order chi connectivity index (χ1) is 11.0. The first-order valence-corrected chi connectivity index (χ1v) is 7.58. The molecule has 2 heterocycles. The largest absolute Gasteiger partial charge is 0.481 e. The fourth-order valence-electron chi connectivity index (χ4n) is 2.77. The number of carbonyl (C=O) groups excluding carboxylic acids is 1. The second-order valence-electron chi connectivity index (χ2n) is 5.72. The van der Waals surface area contributed by atoms with E-state index in [4.69, 9.17) is 21.2 Å². The van der Waals surface area contributed by atoms with E-state index in [0.29, 0.717) is 17.3 Å². The Balaban J connectivity index is 1.78. The van der Waals surface area contributed by atoms with Crippen LogP contribution in [-0.2, 0) is 4.79 Å². The maximum absolute atomic E-state index is 12.5. The molecular formula is C16H15ClN2O4. The number of carbonyl (C=O) groups is 2. The molecule has 1 N–H and O–H groups in total. The predicted octanol–water partition coefficient (Wildman–Crippen LogP) is 2.79. The van der Waals surface area contributed by atoms with Crippen molar-refractivity contribution in [1.82, 2.24) is 10.1 Å². The molecule has 6 nitrogen and oxygen atoms in total. The van der Waals surface area contributed by atoms with E-state index in [-0.39, 0.29) is 24.1 Å². The second-order valence-corrected chi connectivity index (χ2v) is 6.16. The third kappa shape index (κ3) is 3.07. The van der Waals surface area contributed by atoms with Crippen LogP contribution in [-0.4, -0.2) is 40.1 Å². The Morgan fingerprint density at radius 3 is 2.78 bits per heavy atom. The van der Waals surface area contributed by atoms with Crippen LogP contribution >= 0.6 is 11.6 Å². The quantitative estimate of drug-likeness (QED) is 0.933. The number of amides is 1. The number of carboxylic acids is 1. The summed E-state index contributed by atoms with van der Waals surface area (Å²) in [6.07, 6.45) is 0. The Kier molecular flexibility index (Phi) is 4.09. The summed E-state index contributed by atoms with van der Waals surface area (Å²) in [7, 11) is 0. The summed E-state index contributed by atoms with van der Waals surface area (Å²) in [6, 6.07) is 8.59. The molecule has 0 radical (unpaired) electrons. The molecule has 2 atom stereocenters. The molecule has 3 rings (SSSR count). The third-order valence-corrected chi connectivity index (χ3v) is 4.29. The molecule has 1 aromatic carbocycles. The van der Waals surface area contributed by atoms with E-state index < -0.39 is 11.9 Å². The number of benzene rings is 1. The van der Waals surface area contributed by atoms with Crippen molar-refractivity contribution >= 4 is 23.5 Å². The van der Waals surface area contributed by atoms with Crippen molar-refractivity contribution in [1.29, 1.82) is 0 Å². The molecule has 1 fully saturated rings. The highest BCUT2D eigenvalue weighted by molar-refractivity contribution is 6.30. The number of hydrogen-bond donors (Lipinski definition) is 1. The molecule has 1 amide bonds. The Morgan fingerprint density at radius 1 is 1.35 bits per heavy atom. The van der Waals surface area contributed by atoms with Gasteiger partial charge in [-0.3, -0.25) is 9.59 Å². The molecule has 1 aliphatic rings. The lowest BCUT2D eigenvalue weighted by atomic mass is 9.99. The normalized spacial score (nSPS) is 20.7. The number of carboxylic acid groups (broad SMARTS) is 1. The maximum atomic E-state index is 12.5. The zero-order valence-corrected chi connectivity index (χ0v) is 13.2. The summed E-state index contributed by atoms with van der Waals surface area (Å²) >= 11 is 5.94. The molecule has 2 aromatic rings. The van der Waals surface area contributed by atoms with E-state index in [1.54, 1.807) is 30.3 Å². The zero-order chi connectivity index (χ0) is 16.6. The van der Waals surface area contributed by atoms with Gasteiger partial charge in [-0.05, 0) is 18.1 Å². The maximum Gasteiger partial charge on any atom is 0.308 e. The molecule has 1 aromatic heterocycles. The van der Waals surface area contributed by atoms with E-state index >= 15 is 0 Å². The topological polar surface area (TPSA) is 83.6 Å². The lowest BCUT2D eigenvalue weighted by molar-refractivity contribution is -0.142. The average Bonchev–Trinajstić information content (AvgIpc) is 3.13. The molecule has 7 heteroatoms. The van der Waals surface area contributed by atoms with E-state index in [0.717, 1.165) is 5.56 Å². The number of hydrogen-bond acceptors (Lipinski definition) is 4. The average molecular weight is 335 g/mol. The lowest BCUT2D eigenvalue weighted by Gasteiger charge is -2.13. The van der Waals surface area contributed by atoms with Gasteiger partial charge in [0.25, 0.3) is 5.91 Å². The minimum absolute atomic E-state index is 0.0873. The van der Waals surface area contributed by atoms with Crippen LogP contribution in [0, 0.1) is 11.8 Å². The van der Waals surface area contributed by atoms with Crippen LogP contribution in [0.15, 0.2) is 34.9 Å². The first kappa shape index (κ1) is 15.6. The first-order valence-electron chi connectivity index (χ1n) is 7.20. The number of likely N-dealkylation sites (tertiary alicyclic amines) is 1. The van der Waals surface area contributed by atoms with E-state index in [1.165, 1.54) is 4.90 Å². The fourth-order valence-corrected chi connectivity index (χ4v) is 2.96. The van der Waals surface area contributed by atoms with E-state index in [1.807, 2.05) is 6.92 Å². The molecule has 23 heavy (non-hydrogen) atoms. The zero-order valence-electron chi connectivity index (χ0n) is 12.4. The van der Waals surface area contributed by atoms with Crippen molar-refractivity contribution in [3.63, 3.8) is 0 Å². The molecule has 0 bridgehead atoms. The van der Waals surface area contributed by atoms with Crippen LogP contribution < -0.4 is 0 Å². The number of aliphatic carboxylic acids is 1. The Hall–Kier alpha value is -2.34. The second kappa shape index (κ2) is 6.04. The SMILES string of the molecule is C[C@@H]1CN(C(=O)c2cc(-c3cccc(Cl)c3)on2)C[C@H]1C(=O)O. The third-order valence-electron chi connectivity index (χ3n) is 4.06. The summed E-state index contributed by atoms with van der Waals surface area (Å²) in [4.78, 5) is 25.1. The van der Waals surface area contributed by atoms with Gasteiger partial charge in [0.2, 0.25) is 0 Å². The van der Waals surface area contributed by atoms with Gasteiger partial charge in [0.1, 0.15) is 0 Å². The van der Waals surface area contributed by atoms with Crippen molar-refractivity contribution in [3.8, 4) is 11.3 Å². The summed E-state index contributed by atoms with van der Waals surface area (Å²) in [5.74, 6) is -1.39. The smallest absolute Gasteiger partial charge is 0.308 e. The highest BCUT2D eigenvalue weighted by atomic mass is 35.5. The molecule has 1 aliphatic heterocycles. The van der Waals surface area contributed by atoms with Gasteiger partial charge in [-0.1, -0.05) is 35.8 Å². The number of aromatic nitrogens is 1. The van der Waals surface area contributed by atoms with Gasteiger partial charge in [-0.2, -0.15) is 0 Å². The Bertz CT molecular complexity index is 758. The summed E-state index contributed by atoms with van der Waals surface area (Å²) in [5.41, 5.74) is 0.889. The lowest BCUT2D eigenvalue weighted by Crippen LogP contribution is -2.30. The van der Waals surface area contributed by atoms with Crippen molar-refractivity contribution in [3.05, 3.63) is 41.0 Å². The van der Waals surface area contributed by atoms with Crippen LogP contribution in [0.1, 0.15) is 17.4 Å². The highest BCUT2D eigenvalue weighted by Gasteiger charge is 2.38. The predicted molar refractivity (Wildman–Crippen MR) is 83.1 cm³/mol. The van der Waals surface area contributed by atoms with Crippen molar-refractivity contribution in [2.75, 3.05) is 13.1 Å². The van der Waals surface area contributed by atoms with Crippen LogP contribution in [0.25, 0.3) is 11.3 Å². The minimum Gasteiger partial charge on any atom is -0.481 e. The minimum atomic E-state index is -0.882. The summed E-state index contributed by atoms with van der Waals surface area (Å²) < 4.78 is 5.22. The number of halogens is 1. The van der Waals surface area contributed by atoms with Crippen LogP contribution in [0.5, 0.6) is 0 Å². The molecule has 0 saturated carbocycles. The molecule has 1 saturated heterocycles. The van der Waals surface area contributed by atoms with E-state index in [9.17, 15) is 9.59 Å². The summed E-state index contributed by atoms with van der Waals surface area (Å²) in [6.45, 7) is 2.41.